The molecule has 0 spiro atoms. The van der Waals surface area contributed by atoms with Gasteiger partial charge in [-0.1, -0.05) is 56.8 Å². The summed E-state index contributed by atoms with van der Waals surface area (Å²) in [6, 6.07) is 10.0. The van der Waals surface area contributed by atoms with Crippen molar-refractivity contribution in [2.75, 3.05) is 0 Å². The highest BCUT2D eigenvalue weighted by atomic mass is 16.2. The normalized spacial score (nSPS) is 6.31. The molecule has 0 saturated heterocycles. The molecule has 0 fully saturated rings. The molecule has 1 aromatic rings. The lowest BCUT2D eigenvalue weighted by Crippen LogP contribution is -1.63. The highest BCUT2D eigenvalue weighted by Gasteiger charge is 1.75. The Hall–Kier alpha value is -1.66. The standard InChI is InChI=1S/C8H8.C2H6.CO2/c1-2-8-6-4-3-5-7-8;1-2;2-1-3/h2-7H,1H2;1-2H3;. The fourth-order valence-electron chi connectivity index (χ4n) is 0.589. The number of rotatable bonds is 1. The van der Waals surface area contributed by atoms with E-state index in [4.69, 9.17) is 9.59 Å². The molecule has 0 unspecified atom stereocenters. The summed E-state index contributed by atoms with van der Waals surface area (Å²) < 4.78 is 0. The van der Waals surface area contributed by atoms with E-state index in [0.717, 1.165) is 0 Å². The average Bonchev–Trinajstić information content (AvgIpc) is 2.23. The monoisotopic (exact) mass is 178 g/mol. The first-order chi connectivity index (χ1) is 6.35. The highest BCUT2D eigenvalue weighted by molar-refractivity contribution is 5.45. The molecule has 0 aliphatic carbocycles. The zero-order chi connectivity index (χ0) is 10.5. The maximum atomic E-state index is 8.12. The molecular weight excluding hydrogens is 164 g/mol. The molecule has 0 aliphatic heterocycles. The Morgan fingerprint density at radius 3 is 1.77 bits per heavy atom. The lowest BCUT2D eigenvalue weighted by Gasteiger charge is -1.85. The van der Waals surface area contributed by atoms with Crippen molar-refractivity contribution in [1.29, 1.82) is 0 Å². The van der Waals surface area contributed by atoms with E-state index >= 15 is 0 Å². The first-order valence-corrected chi connectivity index (χ1v) is 4.02. The van der Waals surface area contributed by atoms with Crippen LogP contribution in [0.4, 0.5) is 0 Å². The van der Waals surface area contributed by atoms with Gasteiger partial charge in [-0.3, -0.25) is 0 Å². The fraction of sp³-hybridized carbons (Fsp3) is 0.182. The summed E-state index contributed by atoms with van der Waals surface area (Å²) in [4.78, 5) is 16.2. The largest absolute Gasteiger partial charge is 0.373 e. The van der Waals surface area contributed by atoms with Crippen molar-refractivity contribution in [3.8, 4) is 0 Å². The second-order valence-corrected chi connectivity index (χ2v) is 1.70. The third kappa shape index (κ3) is 10.3. The molecular formula is C11H14O2. The van der Waals surface area contributed by atoms with Gasteiger partial charge < -0.3 is 0 Å². The summed E-state index contributed by atoms with van der Waals surface area (Å²) in [7, 11) is 0. The van der Waals surface area contributed by atoms with Crippen molar-refractivity contribution >= 4 is 12.2 Å². The van der Waals surface area contributed by atoms with Gasteiger partial charge in [0.15, 0.2) is 0 Å². The van der Waals surface area contributed by atoms with Crippen LogP contribution in [0.2, 0.25) is 0 Å². The van der Waals surface area contributed by atoms with E-state index < -0.39 is 0 Å². The van der Waals surface area contributed by atoms with Crippen LogP contribution in [0.15, 0.2) is 36.9 Å². The molecule has 2 heteroatoms. The lowest BCUT2D eigenvalue weighted by molar-refractivity contribution is -0.191. The van der Waals surface area contributed by atoms with Gasteiger partial charge in [0.25, 0.3) is 0 Å². The molecule has 13 heavy (non-hydrogen) atoms. The summed E-state index contributed by atoms with van der Waals surface area (Å²) in [5.41, 5.74) is 1.17. The first kappa shape index (κ1) is 13.9. The van der Waals surface area contributed by atoms with E-state index in [9.17, 15) is 0 Å². The maximum absolute atomic E-state index is 8.12. The maximum Gasteiger partial charge on any atom is 0.373 e. The third-order valence-corrected chi connectivity index (χ3v) is 1.04. The van der Waals surface area contributed by atoms with E-state index in [1.807, 2.05) is 50.3 Å². The molecule has 0 bridgehead atoms. The van der Waals surface area contributed by atoms with Gasteiger partial charge in [0.05, 0.1) is 0 Å². The minimum Gasteiger partial charge on any atom is -0.186 e. The van der Waals surface area contributed by atoms with E-state index in [2.05, 4.69) is 6.58 Å². The zero-order valence-electron chi connectivity index (χ0n) is 7.99. The quantitative estimate of drug-likeness (QED) is 0.662. The second-order valence-electron chi connectivity index (χ2n) is 1.70. The van der Waals surface area contributed by atoms with Gasteiger partial charge in [0.1, 0.15) is 0 Å². The molecule has 0 heterocycles. The van der Waals surface area contributed by atoms with Gasteiger partial charge in [0, 0.05) is 0 Å². The second kappa shape index (κ2) is 13.0. The van der Waals surface area contributed by atoms with E-state index in [-0.39, 0.29) is 6.15 Å². The van der Waals surface area contributed by atoms with Crippen molar-refractivity contribution in [2.45, 2.75) is 13.8 Å². The van der Waals surface area contributed by atoms with Gasteiger partial charge in [-0.2, -0.15) is 9.59 Å². The summed E-state index contributed by atoms with van der Waals surface area (Å²) in [5.74, 6) is 0. The molecule has 0 radical (unpaired) electrons. The van der Waals surface area contributed by atoms with Crippen molar-refractivity contribution in [2.24, 2.45) is 0 Å². The topological polar surface area (TPSA) is 34.1 Å². The molecule has 2 nitrogen and oxygen atoms in total. The van der Waals surface area contributed by atoms with Gasteiger partial charge in [0.2, 0.25) is 0 Å². The van der Waals surface area contributed by atoms with Crippen molar-refractivity contribution in [1.82, 2.24) is 0 Å². The Balaban J connectivity index is 0. The molecule has 0 aliphatic rings. The predicted octanol–water partition coefficient (Wildman–Crippen LogP) is 2.77. The smallest absolute Gasteiger partial charge is 0.186 e. The fourth-order valence-corrected chi connectivity index (χ4v) is 0.589. The molecule has 0 atom stereocenters. The zero-order valence-corrected chi connectivity index (χ0v) is 7.99. The number of hydrogen-bond donors (Lipinski definition) is 0. The summed E-state index contributed by atoms with van der Waals surface area (Å²) in [6.07, 6.45) is 2.08. The Morgan fingerprint density at radius 1 is 1.15 bits per heavy atom. The predicted molar refractivity (Wildman–Crippen MR) is 52.9 cm³/mol. The Kier molecular flexibility index (Phi) is 13.9. The minimum atomic E-state index is 0.250. The number of hydrogen-bond acceptors (Lipinski definition) is 2. The molecule has 70 valence electrons. The third-order valence-electron chi connectivity index (χ3n) is 1.04. The van der Waals surface area contributed by atoms with Gasteiger partial charge in [-0.25, -0.2) is 0 Å². The summed E-state index contributed by atoms with van der Waals surface area (Å²) >= 11 is 0. The van der Waals surface area contributed by atoms with Crippen LogP contribution in [0.25, 0.3) is 6.08 Å². The van der Waals surface area contributed by atoms with Crippen molar-refractivity contribution in [3.63, 3.8) is 0 Å². The van der Waals surface area contributed by atoms with Crippen LogP contribution in [0, 0.1) is 0 Å². The molecule has 1 aromatic carbocycles. The van der Waals surface area contributed by atoms with Crippen LogP contribution in [0.1, 0.15) is 19.4 Å². The Morgan fingerprint density at radius 2 is 1.54 bits per heavy atom. The molecule has 0 N–H and O–H groups in total. The lowest BCUT2D eigenvalue weighted by atomic mass is 10.2. The van der Waals surface area contributed by atoms with Crippen LogP contribution in [0.5, 0.6) is 0 Å². The number of carbonyl (C=O) groups excluding carboxylic acids is 2. The summed E-state index contributed by atoms with van der Waals surface area (Å²) in [6.45, 7) is 7.63. The van der Waals surface area contributed by atoms with Crippen LogP contribution < -0.4 is 0 Å². The van der Waals surface area contributed by atoms with Gasteiger partial charge in [-0.15, -0.1) is 0 Å². The first-order valence-electron chi connectivity index (χ1n) is 4.02. The van der Waals surface area contributed by atoms with Crippen molar-refractivity contribution in [3.05, 3.63) is 42.5 Å². The van der Waals surface area contributed by atoms with Gasteiger partial charge in [-0.05, 0) is 5.56 Å². The van der Waals surface area contributed by atoms with E-state index in [0.29, 0.717) is 0 Å². The van der Waals surface area contributed by atoms with Gasteiger partial charge >= 0.3 is 6.15 Å². The molecule has 0 aromatic heterocycles. The molecule has 0 saturated carbocycles. The minimum absolute atomic E-state index is 0.250. The van der Waals surface area contributed by atoms with Crippen LogP contribution in [-0.4, -0.2) is 6.15 Å². The van der Waals surface area contributed by atoms with Crippen molar-refractivity contribution < 1.29 is 9.59 Å². The Bertz CT molecular complexity index is 234. The van der Waals surface area contributed by atoms with E-state index in [1.165, 1.54) is 5.56 Å². The van der Waals surface area contributed by atoms with E-state index in [1.54, 1.807) is 0 Å². The van der Waals surface area contributed by atoms with Crippen LogP contribution >= 0.6 is 0 Å². The van der Waals surface area contributed by atoms with Crippen LogP contribution in [0.3, 0.4) is 0 Å². The SMILES string of the molecule is C=Cc1ccccc1.CC.O=C=O. The Labute approximate surface area is 78.9 Å². The summed E-state index contributed by atoms with van der Waals surface area (Å²) in [5, 5.41) is 0. The number of benzene rings is 1. The van der Waals surface area contributed by atoms with Crippen LogP contribution in [-0.2, 0) is 9.59 Å². The average molecular weight is 178 g/mol. The highest BCUT2D eigenvalue weighted by Crippen LogP contribution is 1.97. The molecule has 0 amide bonds. The molecule has 1 rings (SSSR count).